The van der Waals surface area contributed by atoms with E-state index >= 15 is 0 Å². The first-order valence-corrected chi connectivity index (χ1v) is 5.90. The summed E-state index contributed by atoms with van der Waals surface area (Å²) >= 11 is 5.17. The second-order valence-corrected chi connectivity index (χ2v) is 4.46. The standard InChI is InChI=1S/C12H15N3OS/c1-8(2)16-11-6-4-10(5-7-11)15-9(3)13-14-12(15)17/h4-8H,1-3H3,(H,14,17). The van der Waals surface area contributed by atoms with Crippen molar-refractivity contribution in [1.82, 2.24) is 14.8 Å². The third kappa shape index (κ3) is 2.55. The van der Waals surface area contributed by atoms with Gasteiger partial charge in [0, 0.05) is 5.69 Å². The molecule has 0 amide bonds. The molecule has 1 heterocycles. The summed E-state index contributed by atoms with van der Waals surface area (Å²) < 4.78 is 8.07. The molecular formula is C12H15N3OS. The molecule has 2 rings (SSSR count). The van der Waals surface area contributed by atoms with Gasteiger partial charge in [-0.25, -0.2) is 0 Å². The van der Waals surface area contributed by atoms with Crippen molar-refractivity contribution < 1.29 is 4.74 Å². The number of aromatic amines is 1. The molecule has 0 unspecified atom stereocenters. The molecule has 0 radical (unpaired) electrons. The summed E-state index contributed by atoms with van der Waals surface area (Å²) in [6.07, 6.45) is 0.179. The Morgan fingerprint density at radius 3 is 2.41 bits per heavy atom. The van der Waals surface area contributed by atoms with Crippen LogP contribution in [0.2, 0.25) is 0 Å². The number of rotatable bonds is 3. The van der Waals surface area contributed by atoms with Crippen LogP contribution >= 0.6 is 12.2 Å². The smallest absolute Gasteiger partial charge is 0.199 e. The zero-order chi connectivity index (χ0) is 12.4. The Labute approximate surface area is 105 Å². The van der Waals surface area contributed by atoms with Crippen molar-refractivity contribution in [2.45, 2.75) is 26.9 Å². The van der Waals surface area contributed by atoms with Gasteiger partial charge in [0.2, 0.25) is 0 Å². The van der Waals surface area contributed by atoms with E-state index < -0.39 is 0 Å². The summed E-state index contributed by atoms with van der Waals surface area (Å²) in [7, 11) is 0. The highest BCUT2D eigenvalue weighted by Crippen LogP contribution is 2.17. The quantitative estimate of drug-likeness (QED) is 0.850. The average Bonchev–Trinajstić information content (AvgIpc) is 2.59. The lowest BCUT2D eigenvalue weighted by atomic mass is 10.3. The lowest BCUT2D eigenvalue weighted by molar-refractivity contribution is 0.242. The minimum absolute atomic E-state index is 0.179. The van der Waals surface area contributed by atoms with Crippen LogP contribution in [0.1, 0.15) is 19.7 Å². The molecule has 1 aromatic carbocycles. The highest BCUT2D eigenvalue weighted by atomic mass is 32.1. The minimum Gasteiger partial charge on any atom is -0.491 e. The van der Waals surface area contributed by atoms with Crippen molar-refractivity contribution in [1.29, 1.82) is 0 Å². The van der Waals surface area contributed by atoms with Crippen LogP contribution in [-0.2, 0) is 0 Å². The normalized spacial score (nSPS) is 10.8. The molecule has 2 aromatic rings. The Balaban J connectivity index is 2.33. The highest BCUT2D eigenvalue weighted by Gasteiger charge is 2.04. The van der Waals surface area contributed by atoms with Crippen molar-refractivity contribution in [3.05, 3.63) is 34.9 Å². The van der Waals surface area contributed by atoms with E-state index in [1.54, 1.807) is 0 Å². The van der Waals surface area contributed by atoms with Gasteiger partial charge in [-0.3, -0.25) is 9.67 Å². The number of aromatic nitrogens is 3. The molecule has 5 heteroatoms. The molecular weight excluding hydrogens is 234 g/mol. The first-order chi connectivity index (χ1) is 8.08. The van der Waals surface area contributed by atoms with Crippen LogP contribution in [0.4, 0.5) is 0 Å². The zero-order valence-corrected chi connectivity index (χ0v) is 10.9. The number of H-pyrrole nitrogens is 1. The van der Waals surface area contributed by atoms with E-state index in [0.717, 1.165) is 17.3 Å². The third-order valence-corrected chi connectivity index (χ3v) is 2.58. The number of nitrogens with zero attached hydrogens (tertiary/aromatic N) is 2. The molecule has 0 atom stereocenters. The van der Waals surface area contributed by atoms with Crippen LogP contribution in [-0.4, -0.2) is 20.9 Å². The van der Waals surface area contributed by atoms with Crippen LogP contribution < -0.4 is 4.74 Å². The molecule has 1 aromatic heterocycles. The predicted octanol–water partition coefficient (Wildman–Crippen LogP) is 3.03. The lowest BCUT2D eigenvalue weighted by Gasteiger charge is -2.10. The molecule has 0 aliphatic rings. The molecule has 0 aliphatic carbocycles. The summed E-state index contributed by atoms with van der Waals surface area (Å²) in [5.74, 6) is 1.70. The van der Waals surface area contributed by atoms with Crippen molar-refractivity contribution in [2.24, 2.45) is 0 Å². The van der Waals surface area contributed by atoms with Gasteiger partial charge in [-0.1, -0.05) is 0 Å². The Bertz CT molecular complexity index is 554. The van der Waals surface area contributed by atoms with Gasteiger partial charge >= 0.3 is 0 Å². The van der Waals surface area contributed by atoms with Crippen molar-refractivity contribution in [3.63, 3.8) is 0 Å². The number of ether oxygens (including phenoxy) is 1. The maximum atomic E-state index is 5.59. The lowest BCUT2D eigenvalue weighted by Crippen LogP contribution is -2.05. The largest absolute Gasteiger partial charge is 0.491 e. The fourth-order valence-electron chi connectivity index (χ4n) is 1.63. The van der Waals surface area contributed by atoms with Gasteiger partial charge in [0.15, 0.2) is 4.77 Å². The van der Waals surface area contributed by atoms with E-state index in [-0.39, 0.29) is 6.10 Å². The summed E-state index contributed by atoms with van der Waals surface area (Å²) in [5, 5.41) is 6.84. The number of benzene rings is 1. The highest BCUT2D eigenvalue weighted by molar-refractivity contribution is 7.71. The van der Waals surface area contributed by atoms with E-state index in [1.807, 2.05) is 49.6 Å². The van der Waals surface area contributed by atoms with Crippen molar-refractivity contribution >= 4 is 12.2 Å². The van der Waals surface area contributed by atoms with Crippen LogP contribution in [0.3, 0.4) is 0 Å². The molecule has 0 saturated carbocycles. The maximum absolute atomic E-state index is 5.59. The molecule has 1 N–H and O–H groups in total. The van der Waals surface area contributed by atoms with Gasteiger partial charge in [-0.15, -0.1) is 0 Å². The summed E-state index contributed by atoms with van der Waals surface area (Å²) in [4.78, 5) is 0. The summed E-state index contributed by atoms with van der Waals surface area (Å²) in [6.45, 7) is 5.92. The average molecular weight is 249 g/mol. The fraction of sp³-hybridized carbons (Fsp3) is 0.333. The van der Waals surface area contributed by atoms with Gasteiger partial charge in [0.05, 0.1) is 6.10 Å². The molecule has 17 heavy (non-hydrogen) atoms. The number of hydrogen-bond donors (Lipinski definition) is 1. The van der Waals surface area contributed by atoms with Gasteiger partial charge in [-0.2, -0.15) is 5.10 Å². The van der Waals surface area contributed by atoms with Crippen LogP contribution in [0.5, 0.6) is 5.75 Å². The van der Waals surface area contributed by atoms with E-state index in [9.17, 15) is 0 Å². The second kappa shape index (κ2) is 4.71. The zero-order valence-electron chi connectivity index (χ0n) is 10.1. The molecule has 0 fully saturated rings. The van der Waals surface area contributed by atoms with E-state index in [0.29, 0.717) is 4.77 Å². The van der Waals surface area contributed by atoms with E-state index in [2.05, 4.69) is 10.2 Å². The molecule has 0 bridgehead atoms. The Kier molecular flexibility index (Phi) is 3.28. The van der Waals surface area contributed by atoms with Gasteiger partial charge < -0.3 is 4.74 Å². The first-order valence-electron chi connectivity index (χ1n) is 5.49. The monoisotopic (exact) mass is 249 g/mol. The third-order valence-electron chi connectivity index (χ3n) is 2.31. The maximum Gasteiger partial charge on any atom is 0.199 e. The molecule has 90 valence electrons. The SMILES string of the molecule is Cc1n[nH]c(=S)n1-c1ccc(OC(C)C)cc1. The topological polar surface area (TPSA) is 42.8 Å². The van der Waals surface area contributed by atoms with Crippen molar-refractivity contribution in [2.75, 3.05) is 0 Å². The van der Waals surface area contributed by atoms with Gasteiger partial charge in [-0.05, 0) is 57.3 Å². The van der Waals surface area contributed by atoms with E-state index in [1.165, 1.54) is 0 Å². The predicted molar refractivity (Wildman–Crippen MR) is 69.2 cm³/mol. The molecule has 0 aliphatic heterocycles. The molecule has 4 nitrogen and oxygen atoms in total. The van der Waals surface area contributed by atoms with Crippen LogP contribution in [0.15, 0.2) is 24.3 Å². The minimum atomic E-state index is 0.179. The first kappa shape index (κ1) is 11.9. The number of nitrogens with one attached hydrogen (secondary N) is 1. The molecule has 0 saturated heterocycles. The van der Waals surface area contributed by atoms with Crippen LogP contribution in [0, 0.1) is 11.7 Å². The second-order valence-electron chi connectivity index (χ2n) is 4.07. The van der Waals surface area contributed by atoms with Crippen molar-refractivity contribution in [3.8, 4) is 11.4 Å². The molecule has 0 spiro atoms. The number of aryl methyl sites for hydroxylation is 1. The number of hydrogen-bond acceptors (Lipinski definition) is 3. The van der Waals surface area contributed by atoms with Gasteiger partial charge in [0.1, 0.15) is 11.6 Å². The Morgan fingerprint density at radius 1 is 1.29 bits per heavy atom. The summed E-state index contributed by atoms with van der Waals surface area (Å²) in [5.41, 5.74) is 0.984. The van der Waals surface area contributed by atoms with Crippen LogP contribution in [0.25, 0.3) is 5.69 Å². The van der Waals surface area contributed by atoms with Gasteiger partial charge in [0.25, 0.3) is 0 Å². The Hall–Kier alpha value is -1.62. The van der Waals surface area contributed by atoms with E-state index in [4.69, 9.17) is 17.0 Å². The summed E-state index contributed by atoms with van der Waals surface area (Å²) in [6, 6.07) is 7.80. The Morgan fingerprint density at radius 2 is 1.94 bits per heavy atom. The fourth-order valence-corrected chi connectivity index (χ4v) is 1.91.